The molecule has 0 amide bonds. The molecule has 3 heteroatoms. The van der Waals surface area contributed by atoms with Crippen molar-refractivity contribution >= 4 is 29.1 Å². The van der Waals surface area contributed by atoms with Gasteiger partial charge in [-0.2, -0.15) is 0 Å². The number of halogens is 1. The van der Waals surface area contributed by atoms with Crippen LogP contribution in [-0.4, -0.2) is 11.0 Å². The minimum absolute atomic E-state index is 0.385. The minimum atomic E-state index is 0.385. The number of allylic oxidation sites excluding steroid dienone is 3. The molecule has 0 saturated carbocycles. The Morgan fingerprint density at radius 3 is 2.69 bits per heavy atom. The van der Waals surface area contributed by atoms with E-state index in [0.29, 0.717) is 17.5 Å². The summed E-state index contributed by atoms with van der Waals surface area (Å²) in [6, 6.07) is 0. The molecule has 0 bridgehead atoms. The third-order valence-electron chi connectivity index (χ3n) is 2.07. The second-order valence-corrected chi connectivity index (χ2v) is 5.80. The fourth-order valence-electron chi connectivity index (χ4n) is 1.19. The van der Waals surface area contributed by atoms with E-state index in [1.165, 1.54) is 0 Å². The lowest BCUT2D eigenvalue weighted by Crippen LogP contribution is -2.02. The molecule has 0 aliphatic heterocycles. The Bertz CT molecular complexity index is 255. The monoisotopic (exact) mass is 260 g/mol. The van der Waals surface area contributed by atoms with Crippen molar-refractivity contribution in [1.82, 2.24) is 0 Å². The van der Waals surface area contributed by atoms with E-state index in [0.717, 1.165) is 24.3 Å². The molecule has 1 atom stereocenters. The van der Waals surface area contributed by atoms with Gasteiger partial charge in [-0.05, 0) is 31.2 Å². The highest BCUT2D eigenvalue weighted by molar-refractivity contribution is 8.02. The number of thioether (sulfide) groups is 1. The Balaban J connectivity index is 3.66. The maximum absolute atomic E-state index is 11.3. The topological polar surface area (TPSA) is 17.1 Å². The highest BCUT2D eigenvalue weighted by Crippen LogP contribution is 2.18. The van der Waals surface area contributed by atoms with E-state index >= 15 is 0 Å². The van der Waals surface area contributed by atoms with E-state index in [9.17, 15) is 4.79 Å². The standard InChI is InChI=1S/C13H21ClOS/c1-4-6-13(15)9-8-12(3)16-10-5-7-11(2)14/h5,7,10,12H,4,6,8-9H2,1-3H3/b10-5+,11-7+. The molecule has 0 rings (SSSR count). The predicted octanol–water partition coefficient (Wildman–Crippen LogP) is 4.91. The average Bonchev–Trinajstić information content (AvgIpc) is 2.22. The maximum atomic E-state index is 11.3. The Kier molecular flexibility index (Phi) is 9.85. The van der Waals surface area contributed by atoms with Gasteiger partial charge in [0.2, 0.25) is 0 Å². The van der Waals surface area contributed by atoms with Gasteiger partial charge in [0.25, 0.3) is 0 Å². The van der Waals surface area contributed by atoms with Crippen molar-refractivity contribution in [3.05, 3.63) is 22.6 Å². The van der Waals surface area contributed by atoms with Gasteiger partial charge in [0.1, 0.15) is 5.78 Å². The Hall–Kier alpha value is -0.210. The fraction of sp³-hybridized carbons (Fsp3) is 0.615. The first-order chi connectivity index (χ1) is 7.56. The molecule has 0 aromatic rings. The molecule has 92 valence electrons. The summed E-state index contributed by atoms with van der Waals surface area (Å²) in [6.45, 7) is 6.04. The first-order valence-corrected chi connectivity index (χ1v) is 7.04. The van der Waals surface area contributed by atoms with Crippen LogP contribution in [0.15, 0.2) is 22.6 Å². The summed E-state index contributed by atoms with van der Waals surface area (Å²) in [5.41, 5.74) is 0. The van der Waals surface area contributed by atoms with Crippen LogP contribution in [0.1, 0.15) is 46.5 Å². The highest BCUT2D eigenvalue weighted by Gasteiger charge is 2.04. The van der Waals surface area contributed by atoms with Crippen molar-refractivity contribution in [3.8, 4) is 0 Å². The molecule has 0 spiro atoms. The number of Topliss-reactive ketones (excluding diaryl/α,β-unsaturated/α-hetero) is 1. The van der Waals surface area contributed by atoms with E-state index in [1.54, 1.807) is 11.8 Å². The Morgan fingerprint density at radius 1 is 1.44 bits per heavy atom. The second kappa shape index (κ2) is 9.98. The quantitative estimate of drug-likeness (QED) is 0.577. The predicted molar refractivity (Wildman–Crippen MR) is 75.0 cm³/mol. The number of rotatable bonds is 8. The van der Waals surface area contributed by atoms with Crippen LogP contribution in [0.25, 0.3) is 0 Å². The van der Waals surface area contributed by atoms with Crippen molar-refractivity contribution in [1.29, 1.82) is 0 Å². The van der Waals surface area contributed by atoms with Gasteiger partial charge >= 0.3 is 0 Å². The summed E-state index contributed by atoms with van der Waals surface area (Å²) in [6.07, 6.45) is 7.15. The third kappa shape index (κ3) is 10.3. The van der Waals surface area contributed by atoms with Gasteiger partial charge in [-0.3, -0.25) is 4.79 Å². The molecule has 0 heterocycles. The van der Waals surface area contributed by atoms with Gasteiger partial charge in [-0.15, -0.1) is 11.8 Å². The first kappa shape index (κ1) is 15.8. The molecule has 0 saturated heterocycles. The fourth-order valence-corrected chi connectivity index (χ4v) is 1.95. The van der Waals surface area contributed by atoms with E-state index in [1.807, 2.05) is 31.4 Å². The number of carbonyl (C=O) groups excluding carboxylic acids is 1. The van der Waals surface area contributed by atoms with E-state index < -0.39 is 0 Å². The third-order valence-corrected chi connectivity index (χ3v) is 3.21. The minimum Gasteiger partial charge on any atom is -0.300 e. The smallest absolute Gasteiger partial charge is 0.132 e. The molecule has 0 aromatic carbocycles. The SMILES string of the molecule is CCCC(=O)CCC(C)S/C=C/C=C(\C)Cl. The van der Waals surface area contributed by atoms with Crippen molar-refractivity contribution in [2.45, 2.75) is 51.7 Å². The lowest BCUT2D eigenvalue weighted by Gasteiger charge is -2.06. The molecular weight excluding hydrogens is 240 g/mol. The van der Waals surface area contributed by atoms with Crippen LogP contribution in [0.2, 0.25) is 0 Å². The van der Waals surface area contributed by atoms with Gasteiger partial charge in [0.15, 0.2) is 0 Å². The van der Waals surface area contributed by atoms with Gasteiger partial charge < -0.3 is 0 Å². The van der Waals surface area contributed by atoms with Crippen LogP contribution < -0.4 is 0 Å². The second-order valence-electron chi connectivity index (χ2n) is 3.86. The summed E-state index contributed by atoms with van der Waals surface area (Å²) in [5, 5.41) is 3.30. The molecule has 1 unspecified atom stereocenters. The highest BCUT2D eigenvalue weighted by atomic mass is 35.5. The molecule has 0 aliphatic carbocycles. The van der Waals surface area contributed by atoms with E-state index in [-0.39, 0.29) is 0 Å². The van der Waals surface area contributed by atoms with Gasteiger partial charge in [-0.25, -0.2) is 0 Å². The van der Waals surface area contributed by atoms with E-state index in [2.05, 4.69) is 6.92 Å². The zero-order valence-corrected chi connectivity index (χ0v) is 11.9. The lowest BCUT2D eigenvalue weighted by molar-refractivity contribution is -0.119. The molecule has 0 radical (unpaired) electrons. The summed E-state index contributed by atoms with van der Waals surface area (Å²) >= 11 is 7.43. The van der Waals surface area contributed by atoms with Crippen molar-refractivity contribution in [2.75, 3.05) is 0 Å². The van der Waals surface area contributed by atoms with Crippen LogP contribution in [0.4, 0.5) is 0 Å². The van der Waals surface area contributed by atoms with E-state index in [4.69, 9.17) is 11.6 Å². The van der Waals surface area contributed by atoms with Crippen molar-refractivity contribution in [3.63, 3.8) is 0 Å². The molecule has 0 N–H and O–H groups in total. The zero-order valence-electron chi connectivity index (χ0n) is 10.3. The van der Waals surface area contributed by atoms with Gasteiger partial charge in [0, 0.05) is 23.1 Å². The average molecular weight is 261 g/mol. The van der Waals surface area contributed by atoms with Crippen molar-refractivity contribution < 1.29 is 4.79 Å². The van der Waals surface area contributed by atoms with Crippen LogP contribution in [0.3, 0.4) is 0 Å². The van der Waals surface area contributed by atoms with Crippen LogP contribution >= 0.6 is 23.4 Å². The molecule has 1 nitrogen and oxygen atoms in total. The number of hydrogen-bond donors (Lipinski definition) is 0. The van der Waals surface area contributed by atoms with Gasteiger partial charge in [-0.1, -0.05) is 31.5 Å². The van der Waals surface area contributed by atoms with Crippen LogP contribution in [0.5, 0.6) is 0 Å². The molecular formula is C13H21ClOS. The Labute approximate surface area is 108 Å². The number of ketones is 1. The summed E-state index contributed by atoms with van der Waals surface area (Å²) in [5.74, 6) is 0.385. The van der Waals surface area contributed by atoms with Crippen molar-refractivity contribution in [2.24, 2.45) is 0 Å². The largest absolute Gasteiger partial charge is 0.300 e. The molecule has 0 aromatic heterocycles. The first-order valence-electron chi connectivity index (χ1n) is 5.72. The molecule has 0 aliphatic rings. The summed E-state index contributed by atoms with van der Waals surface area (Å²) in [7, 11) is 0. The summed E-state index contributed by atoms with van der Waals surface area (Å²) < 4.78 is 0. The Morgan fingerprint density at radius 2 is 2.12 bits per heavy atom. The van der Waals surface area contributed by atoms with Gasteiger partial charge in [0.05, 0.1) is 0 Å². The zero-order chi connectivity index (χ0) is 12.4. The maximum Gasteiger partial charge on any atom is 0.132 e. The lowest BCUT2D eigenvalue weighted by atomic mass is 10.1. The normalized spacial score (nSPS) is 14.4. The molecule has 16 heavy (non-hydrogen) atoms. The number of carbonyl (C=O) groups is 1. The van der Waals surface area contributed by atoms with Crippen LogP contribution in [0, 0.1) is 0 Å². The van der Waals surface area contributed by atoms with Crippen LogP contribution in [-0.2, 0) is 4.79 Å². The summed E-state index contributed by atoms with van der Waals surface area (Å²) in [4.78, 5) is 11.3. The molecule has 0 fully saturated rings. The number of hydrogen-bond acceptors (Lipinski definition) is 2.